The summed E-state index contributed by atoms with van der Waals surface area (Å²) in [6, 6.07) is 19.6. The van der Waals surface area contributed by atoms with Crippen LogP contribution in [0.4, 0.5) is 15.8 Å². The smallest absolute Gasteiger partial charge is 0.258 e. The van der Waals surface area contributed by atoms with Gasteiger partial charge in [0.05, 0.1) is 12.1 Å². The second kappa shape index (κ2) is 10.4. The Morgan fingerprint density at radius 3 is 2.62 bits per heavy atom. The van der Waals surface area contributed by atoms with E-state index in [1.54, 1.807) is 66.3 Å². The summed E-state index contributed by atoms with van der Waals surface area (Å²) in [5.74, 6) is -0.932. The summed E-state index contributed by atoms with van der Waals surface area (Å²) in [7, 11) is 0. The molecule has 0 unspecified atom stereocenters. The number of amides is 2. The Morgan fingerprint density at radius 1 is 0.971 bits per heavy atom. The van der Waals surface area contributed by atoms with Crippen molar-refractivity contribution in [2.24, 2.45) is 0 Å². The van der Waals surface area contributed by atoms with Crippen molar-refractivity contribution >= 4 is 23.2 Å². The largest absolute Gasteiger partial charge is 0.492 e. The molecule has 0 bridgehead atoms. The van der Waals surface area contributed by atoms with Gasteiger partial charge in [-0.25, -0.2) is 4.39 Å². The highest BCUT2D eigenvalue weighted by Crippen LogP contribution is 2.21. The highest BCUT2D eigenvalue weighted by Gasteiger charge is 2.14. The number of hydrogen-bond donors (Lipinski definition) is 2. The number of hydrogen-bond acceptors (Lipinski definition) is 4. The molecule has 0 saturated heterocycles. The predicted molar refractivity (Wildman–Crippen MR) is 128 cm³/mol. The Morgan fingerprint density at radius 2 is 1.82 bits per heavy atom. The number of aromatic nitrogens is 2. The van der Waals surface area contributed by atoms with Crippen LogP contribution in [0.1, 0.15) is 26.3 Å². The lowest BCUT2D eigenvalue weighted by Gasteiger charge is -2.12. The summed E-state index contributed by atoms with van der Waals surface area (Å²) in [4.78, 5) is 25.3. The van der Waals surface area contributed by atoms with Crippen LogP contribution in [-0.4, -0.2) is 28.2 Å². The van der Waals surface area contributed by atoms with Gasteiger partial charge in [0, 0.05) is 35.4 Å². The molecule has 7 nitrogen and oxygen atoms in total. The molecule has 0 spiro atoms. The Kier molecular flexibility index (Phi) is 6.98. The molecule has 0 aliphatic carbocycles. The zero-order valence-corrected chi connectivity index (χ0v) is 18.5. The molecule has 34 heavy (non-hydrogen) atoms. The fourth-order valence-electron chi connectivity index (χ4n) is 3.29. The van der Waals surface area contributed by atoms with E-state index in [-0.39, 0.29) is 11.5 Å². The Labute approximate surface area is 196 Å². The molecule has 0 saturated carbocycles. The van der Waals surface area contributed by atoms with Crippen LogP contribution >= 0.6 is 0 Å². The number of anilines is 2. The number of halogens is 1. The van der Waals surface area contributed by atoms with Crippen molar-refractivity contribution in [2.45, 2.75) is 13.5 Å². The molecule has 8 heteroatoms. The van der Waals surface area contributed by atoms with Gasteiger partial charge in [0.15, 0.2) is 0 Å². The van der Waals surface area contributed by atoms with Gasteiger partial charge in [-0.1, -0.05) is 24.3 Å². The number of ether oxygens (including phenoxy) is 1. The first kappa shape index (κ1) is 22.7. The molecular formula is C26H23FN4O3. The third-order valence-electron chi connectivity index (χ3n) is 5.11. The van der Waals surface area contributed by atoms with Gasteiger partial charge in [0.25, 0.3) is 11.8 Å². The van der Waals surface area contributed by atoms with E-state index in [1.165, 1.54) is 18.2 Å². The molecule has 0 aliphatic heterocycles. The van der Waals surface area contributed by atoms with E-state index in [9.17, 15) is 14.0 Å². The first-order valence-corrected chi connectivity index (χ1v) is 10.7. The topological polar surface area (TPSA) is 85.2 Å². The van der Waals surface area contributed by atoms with Crippen molar-refractivity contribution in [1.82, 2.24) is 9.78 Å². The quantitative estimate of drug-likeness (QED) is 0.393. The molecule has 4 rings (SSSR count). The van der Waals surface area contributed by atoms with Gasteiger partial charge in [-0.15, -0.1) is 0 Å². The van der Waals surface area contributed by atoms with E-state index < -0.39 is 11.7 Å². The van der Waals surface area contributed by atoms with Crippen molar-refractivity contribution in [3.05, 3.63) is 108 Å². The van der Waals surface area contributed by atoms with E-state index >= 15 is 0 Å². The molecule has 0 atom stereocenters. The Bertz CT molecular complexity index is 1310. The third kappa shape index (κ3) is 5.66. The van der Waals surface area contributed by atoms with Crippen LogP contribution in [0.2, 0.25) is 0 Å². The average Bonchev–Trinajstić information content (AvgIpc) is 3.34. The standard InChI is InChI=1S/C26H23FN4O3/c1-18-10-11-19(16-24(18)30-26(33)22-8-2-3-9-23(22)27)25(32)29-20-6-4-7-21(17-20)34-15-14-31-13-5-12-28-31/h2-13,16-17H,14-15H2,1H3,(H,29,32)(H,30,33). The van der Waals surface area contributed by atoms with Gasteiger partial charge in [0.2, 0.25) is 0 Å². The van der Waals surface area contributed by atoms with E-state index in [2.05, 4.69) is 15.7 Å². The minimum atomic E-state index is -0.613. The highest BCUT2D eigenvalue weighted by atomic mass is 19.1. The van der Waals surface area contributed by atoms with Gasteiger partial charge in [0.1, 0.15) is 18.2 Å². The molecule has 172 valence electrons. The molecule has 1 heterocycles. The molecule has 2 N–H and O–H groups in total. The van der Waals surface area contributed by atoms with Gasteiger partial charge in [-0.2, -0.15) is 5.10 Å². The lowest BCUT2D eigenvalue weighted by atomic mass is 10.1. The maximum absolute atomic E-state index is 13.9. The summed E-state index contributed by atoms with van der Waals surface area (Å²) < 4.78 is 21.5. The number of rotatable bonds is 8. The monoisotopic (exact) mass is 458 g/mol. The summed E-state index contributed by atoms with van der Waals surface area (Å²) in [6.07, 6.45) is 3.56. The van der Waals surface area contributed by atoms with Gasteiger partial charge in [-0.3, -0.25) is 14.3 Å². The number of carbonyl (C=O) groups is 2. The highest BCUT2D eigenvalue weighted by molar-refractivity contribution is 6.08. The molecule has 4 aromatic rings. The molecule has 0 aliphatic rings. The fourth-order valence-corrected chi connectivity index (χ4v) is 3.29. The first-order chi connectivity index (χ1) is 16.5. The van der Waals surface area contributed by atoms with Gasteiger partial charge in [-0.05, 0) is 55.0 Å². The summed E-state index contributed by atoms with van der Waals surface area (Å²) in [6.45, 7) is 2.83. The Balaban J connectivity index is 1.41. The van der Waals surface area contributed by atoms with Crippen LogP contribution in [0.5, 0.6) is 5.75 Å². The predicted octanol–water partition coefficient (Wildman–Crippen LogP) is 4.91. The maximum atomic E-state index is 13.9. The van der Waals surface area contributed by atoms with Crippen LogP contribution < -0.4 is 15.4 Å². The summed E-state index contributed by atoms with van der Waals surface area (Å²) >= 11 is 0. The van der Waals surface area contributed by atoms with E-state index in [4.69, 9.17) is 4.74 Å². The second-order valence-electron chi connectivity index (χ2n) is 7.56. The zero-order valence-electron chi connectivity index (χ0n) is 18.5. The van der Waals surface area contributed by atoms with Gasteiger partial charge < -0.3 is 15.4 Å². The Hall–Kier alpha value is -4.46. The number of benzene rings is 3. The average molecular weight is 458 g/mol. The van der Waals surface area contributed by atoms with E-state index in [0.717, 1.165) is 5.56 Å². The molecule has 0 radical (unpaired) electrons. The third-order valence-corrected chi connectivity index (χ3v) is 5.11. The van der Waals surface area contributed by atoms with Crippen molar-refractivity contribution in [2.75, 3.05) is 17.2 Å². The van der Waals surface area contributed by atoms with Crippen LogP contribution in [0.3, 0.4) is 0 Å². The molecule has 1 aromatic heterocycles. The summed E-state index contributed by atoms with van der Waals surface area (Å²) in [5.41, 5.74) is 2.02. The number of nitrogens with zero attached hydrogens (tertiary/aromatic N) is 2. The second-order valence-corrected chi connectivity index (χ2v) is 7.56. The van der Waals surface area contributed by atoms with Crippen molar-refractivity contribution in [3.63, 3.8) is 0 Å². The molecule has 2 amide bonds. The number of aryl methyl sites for hydroxylation is 1. The lowest BCUT2D eigenvalue weighted by Crippen LogP contribution is -2.16. The maximum Gasteiger partial charge on any atom is 0.258 e. The number of nitrogens with one attached hydrogen (secondary N) is 2. The number of carbonyl (C=O) groups excluding carboxylic acids is 2. The SMILES string of the molecule is Cc1ccc(C(=O)Nc2cccc(OCCn3cccn3)c2)cc1NC(=O)c1ccccc1F. The minimum Gasteiger partial charge on any atom is -0.492 e. The van der Waals surface area contributed by atoms with E-state index in [0.29, 0.717) is 35.8 Å². The van der Waals surface area contributed by atoms with Gasteiger partial charge >= 0.3 is 0 Å². The normalized spacial score (nSPS) is 10.5. The van der Waals surface area contributed by atoms with Crippen LogP contribution in [0, 0.1) is 12.7 Å². The van der Waals surface area contributed by atoms with Crippen LogP contribution in [0.25, 0.3) is 0 Å². The van der Waals surface area contributed by atoms with Crippen LogP contribution in [0.15, 0.2) is 85.2 Å². The lowest BCUT2D eigenvalue weighted by molar-refractivity contribution is 0.101. The minimum absolute atomic E-state index is 0.0684. The van der Waals surface area contributed by atoms with Crippen molar-refractivity contribution in [1.29, 1.82) is 0 Å². The molecule has 0 fully saturated rings. The zero-order chi connectivity index (χ0) is 23.9. The molecular weight excluding hydrogens is 435 g/mol. The van der Waals surface area contributed by atoms with Crippen molar-refractivity contribution < 1.29 is 18.7 Å². The summed E-state index contributed by atoms with van der Waals surface area (Å²) in [5, 5.41) is 9.64. The molecule has 3 aromatic carbocycles. The van der Waals surface area contributed by atoms with Crippen LogP contribution in [-0.2, 0) is 6.54 Å². The first-order valence-electron chi connectivity index (χ1n) is 10.7. The van der Waals surface area contributed by atoms with Crippen molar-refractivity contribution in [3.8, 4) is 5.75 Å². The van der Waals surface area contributed by atoms with E-state index in [1.807, 2.05) is 12.3 Å². The fraction of sp³-hybridized carbons (Fsp3) is 0.115.